The molecule has 0 N–H and O–H groups in total. The van der Waals surface area contributed by atoms with Gasteiger partial charge in [-0.2, -0.15) is 105 Å². The van der Waals surface area contributed by atoms with Gasteiger partial charge in [0.25, 0.3) is 0 Å². The summed E-state index contributed by atoms with van der Waals surface area (Å²) in [5.41, 5.74) is -24.4. The van der Waals surface area contributed by atoms with Gasteiger partial charge in [-0.05, 0) is 75.2 Å². The minimum Gasteiger partial charge on any atom is -0.748 e. The zero-order chi connectivity index (χ0) is 94.6. The summed E-state index contributed by atoms with van der Waals surface area (Å²) in [6.45, 7) is 15.3. The van der Waals surface area contributed by atoms with Gasteiger partial charge in [0.2, 0.25) is 0 Å². The number of fused-ring (bicyclic) bond motifs is 2. The minimum absolute atomic E-state index is 0.0209. The number of carbonyl (C=O) groups excluding carboxylic acids is 10. The summed E-state index contributed by atoms with van der Waals surface area (Å²) < 4.78 is 491. The van der Waals surface area contributed by atoms with Crippen molar-refractivity contribution in [2.75, 3.05) is 23.0 Å². The second-order valence-electron chi connectivity index (χ2n) is 26.4. The first-order valence-electron chi connectivity index (χ1n) is 31.9. The van der Waals surface area contributed by atoms with Crippen LogP contribution in [-0.2, 0) is 117 Å². The summed E-state index contributed by atoms with van der Waals surface area (Å²) in [6.07, 6.45) is -55.8. The summed E-state index contributed by atoms with van der Waals surface area (Å²) in [5, 5.41) is 0. The van der Waals surface area contributed by atoms with E-state index in [1.807, 2.05) is 0 Å². The average Bonchev–Trinajstić information content (AvgIpc) is 1.54. The van der Waals surface area contributed by atoms with E-state index in [9.17, 15) is 205 Å². The minimum atomic E-state index is -6.56. The van der Waals surface area contributed by atoms with Crippen molar-refractivity contribution in [3.8, 4) is 11.5 Å². The van der Waals surface area contributed by atoms with Gasteiger partial charge in [-0.3, -0.25) is 19.2 Å². The Labute approximate surface area is 664 Å². The molecule has 0 amide bonds. The molecule has 4 aliphatic carbocycles. The molecule has 0 radical (unpaired) electrons. The van der Waals surface area contributed by atoms with Crippen LogP contribution in [-0.4, -0.2) is 231 Å². The third-order valence-corrected chi connectivity index (χ3v) is 21.1. The van der Waals surface area contributed by atoms with Gasteiger partial charge in [-0.25, -0.2) is 62.4 Å². The molecule has 4 bridgehead atoms. The van der Waals surface area contributed by atoms with Gasteiger partial charge in [-0.15, -0.1) is 0 Å². The number of hydrogen-bond acceptors (Lipinski definition) is 32. The highest BCUT2D eigenvalue weighted by atomic mass is 32.2. The van der Waals surface area contributed by atoms with Crippen LogP contribution in [0.3, 0.4) is 0 Å². The average molecular weight is 1890 g/mol. The van der Waals surface area contributed by atoms with Crippen molar-refractivity contribution < 1.29 is 253 Å². The lowest BCUT2D eigenvalue weighted by molar-refractivity contribution is -0.363. The number of carbonyl (C=O) groups is 10. The summed E-state index contributed by atoms with van der Waals surface area (Å²) in [7, 11) is -24.7. The van der Waals surface area contributed by atoms with E-state index in [1.165, 1.54) is 13.8 Å². The second kappa shape index (κ2) is 35.0. The quantitative estimate of drug-likeness (QED) is 0.0251. The van der Waals surface area contributed by atoms with Crippen LogP contribution in [0.2, 0.25) is 0 Å². The largest absolute Gasteiger partial charge is 0.748 e. The fourth-order valence-electron chi connectivity index (χ4n) is 12.8. The molecule has 0 spiro atoms. The second-order valence-corrected chi connectivity index (χ2v) is 32.0. The van der Waals surface area contributed by atoms with Crippen LogP contribution in [0.5, 0.6) is 11.5 Å². The lowest BCUT2D eigenvalue weighted by atomic mass is 9.78. The Kier molecular flexibility index (Phi) is 29.4. The molecule has 4 saturated carbocycles. The maximum Gasteiger partial charge on any atom is 0.438 e. The van der Waals surface area contributed by atoms with E-state index in [0.29, 0.717) is 30.3 Å². The fourth-order valence-corrected chi connectivity index (χ4v) is 16.3. The summed E-state index contributed by atoms with van der Waals surface area (Å²) >= 11 is 0. The molecule has 122 heavy (non-hydrogen) atoms. The summed E-state index contributed by atoms with van der Waals surface area (Å²) in [4.78, 5) is 119. The highest BCUT2D eigenvalue weighted by Crippen LogP contribution is 2.62. The maximum atomic E-state index is 13.5. The van der Waals surface area contributed by atoms with Crippen LogP contribution in [0.4, 0.5) is 105 Å². The van der Waals surface area contributed by atoms with E-state index in [1.54, 1.807) is 0 Å². The van der Waals surface area contributed by atoms with Crippen LogP contribution < -0.4 is 9.47 Å². The summed E-state index contributed by atoms with van der Waals surface area (Å²) in [5.74, 6) is -39.2. The van der Waals surface area contributed by atoms with E-state index in [0.717, 1.165) is 30.3 Å². The molecule has 8 rings (SSSR count). The monoisotopic (exact) mass is 1890 g/mol. The summed E-state index contributed by atoms with van der Waals surface area (Å²) in [6, 6.07) is 6.00. The lowest BCUT2D eigenvalue weighted by Gasteiger charge is -2.39. The molecule has 2 aromatic rings. The molecule has 6 fully saturated rings. The Morgan fingerprint density at radius 2 is 0.648 bits per heavy atom. The molecule has 0 aromatic heterocycles. The van der Waals surface area contributed by atoms with Crippen LogP contribution in [0.1, 0.15) is 47.4 Å². The predicted molar refractivity (Wildman–Crippen MR) is 331 cm³/mol. The van der Waals surface area contributed by atoms with Gasteiger partial charge in [0.05, 0.1) is 98.3 Å². The van der Waals surface area contributed by atoms with Gasteiger partial charge in [0.1, 0.15) is 35.9 Å². The molecule has 2 aromatic carbocycles. The first-order valence-corrected chi connectivity index (χ1v) is 38.2. The molecule has 2 aliphatic heterocycles. The lowest BCUT2D eigenvalue weighted by Crippen LogP contribution is -2.64. The number of hydrogen-bond donors (Lipinski definition) is 0. The van der Waals surface area contributed by atoms with Crippen molar-refractivity contribution in [2.24, 2.45) is 47.3 Å². The highest BCUT2D eigenvalue weighted by molar-refractivity contribution is 7.86. The number of rotatable bonds is 24. The number of halogens is 24. The first-order chi connectivity index (χ1) is 54.7. The van der Waals surface area contributed by atoms with Crippen molar-refractivity contribution in [3.63, 3.8) is 0 Å². The Bertz CT molecular complexity index is 4880. The third-order valence-electron chi connectivity index (χ3n) is 18.0. The van der Waals surface area contributed by atoms with Crippen molar-refractivity contribution in [3.05, 3.63) is 109 Å². The first kappa shape index (κ1) is 103. The number of ether oxygens (including phenoxy) is 10. The smallest absolute Gasteiger partial charge is 0.438 e. The number of esters is 10. The SMILES string of the molecule is C=C(C)C(=O)OC1C2CC3C1OC(=O)C3C2C(=O)OC(CS(=O)(=O)[O-])(C(F)(F)F)C(F)(F)F.C=C(C)C(=O)Oc1ccc(C(=O)OC(CS(=O)(=O)[O-])(C(F)(F)F)C(F)(F)F)cc1.C=CC(=O)OC1C2CC3C1OC(=O)C3C2C(=O)OC(CS(=O)(=O)[O-])(C(F)(F)F)C(F)(F)F.C=CC(=O)Oc1ccc(C(=O)OC(CS(=O)(=O)[O-])(C(F)(F)F)C(F)(F)F)cc1. The van der Waals surface area contributed by atoms with Crippen LogP contribution >= 0.6 is 0 Å². The van der Waals surface area contributed by atoms with E-state index in [-0.39, 0.29) is 35.5 Å². The molecule has 12 unspecified atom stereocenters. The van der Waals surface area contributed by atoms with Gasteiger partial charge >= 0.3 is 132 Å². The van der Waals surface area contributed by atoms with Crippen LogP contribution in [0.15, 0.2) is 98.1 Å². The zero-order valence-corrected chi connectivity index (χ0v) is 62.8. The number of benzene rings is 2. The molecule has 684 valence electrons. The Hall–Kier alpha value is -9.94. The van der Waals surface area contributed by atoms with Gasteiger partial charge in [-0.1, -0.05) is 26.3 Å². The van der Waals surface area contributed by atoms with Crippen LogP contribution in [0.25, 0.3) is 0 Å². The number of alkyl halides is 24. The van der Waals surface area contributed by atoms with Gasteiger partial charge in [0, 0.05) is 47.0 Å². The highest BCUT2D eigenvalue weighted by Gasteiger charge is 2.81. The van der Waals surface area contributed by atoms with E-state index in [4.69, 9.17) is 23.7 Å². The third kappa shape index (κ3) is 22.3. The molecule has 12 atom stereocenters. The normalized spacial score (nSPS) is 22.9. The molecular formula is C62H48F24O32S4-4. The van der Waals surface area contributed by atoms with E-state index >= 15 is 0 Å². The Balaban J connectivity index is 0.000000290. The van der Waals surface area contributed by atoms with Crippen molar-refractivity contribution in [1.29, 1.82) is 0 Å². The maximum absolute atomic E-state index is 13.5. The molecule has 2 heterocycles. The molecule has 60 heteroatoms. The van der Waals surface area contributed by atoms with Crippen LogP contribution in [0, 0.1) is 47.3 Å². The van der Waals surface area contributed by atoms with E-state index in [2.05, 4.69) is 50.0 Å². The van der Waals surface area contributed by atoms with Gasteiger partial charge in [0.15, 0.2) is 0 Å². The predicted octanol–water partition coefficient (Wildman–Crippen LogP) is 7.15. The van der Waals surface area contributed by atoms with E-state index < -0.39 is 278 Å². The van der Waals surface area contributed by atoms with Crippen molar-refractivity contribution in [1.82, 2.24) is 0 Å². The standard InChI is InChI=1S/C17H16F6O9S.C16H14F6O9S.C15H12F6O7S.C14H10F6O7S/c1-5(2)12(24)30-10-7-3-6-8(13(25)31-11(6)10)9(7)14(26)32-15(16(18,19)20,17(21,22)23)4-33(27,28)29;1-2-7(23)29-10-6-3-5-8(12(24)30-11(5)10)9(6)13(25)31-14(15(17,18)19,16(20,21)22)4-32(26,27)28;1-8(2)11(22)27-10-5-3-9(4-6-10)12(23)28-13(14(16,17)18,15(19,20)21)7-29(24,25)26;1-2-10(21)26-9-5-3-8(4-6-9)11(22)27-12(13(15,16)17,14(18,19)20)7-28(23,24)25/h6-11H,1,3-4H2,2H3,(H,27,28,29);2,5-6,8-11H,1,3-4H2,(H,26,27,28);3-6H,1,7H2,2H3,(H,24,25,26);2-6H,1,7H2,(H,23,24,25)/p-4. The Morgan fingerprint density at radius 3 is 0.893 bits per heavy atom. The molecule has 2 saturated heterocycles. The topological polar surface area (TPSA) is 492 Å². The Morgan fingerprint density at radius 1 is 0.393 bits per heavy atom. The fraction of sp³-hybridized carbons (Fsp3) is 0.516. The molecular weight excluding hydrogens is 1840 g/mol. The zero-order valence-electron chi connectivity index (χ0n) is 59.5. The van der Waals surface area contributed by atoms with Gasteiger partial charge < -0.3 is 65.6 Å². The molecule has 32 nitrogen and oxygen atoms in total. The van der Waals surface area contributed by atoms with Crippen molar-refractivity contribution in [2.45, 2.75) is 123 Å². The van der Waals surface area contributed by atoms with Crippen molar-refractivity contribution >= 4 is 100 Å². The molecule has 6 aliphatic rings.